The molecule has 6 heteroatoms. The van der Waals surface area contributed by atoms with Gasteiger partial charge < -0.3 is 4.42 Å². The molecule has 24 heavy (non-hydrogen) atoms. The SMILES string of the molecule is Cc1nc(Nc2nc3ccccc3o2)nc2c1C(=O)CC(C)(C)C2. The Hall–Kier alpha value is -2.76. The normalized spacial score (nSPS) is 16.2. The molecule has 0 unspecified atom stereocenters. The van der Waals surface area contributed by atoms with Crippen LogP contribution in [0.3, 0.4) is 0 Å². The lowest BCUT2D eigenvalue weighted by atomic mass is 9.75. The van der Waals surface area contributed by atoms with Crippen molar-refractivity contribution in [1.82, 2.24) is 15.0 Å². The van der Waals surface area contributed by atoms with Gasteiger partial charge in [-0.2, -0.15) is 4.98 Å². The molecule has 1 aromatic carbocycles. The number of hydrogen-bond acceptors (Lipinski definition) is 6. The Kier molecular flexibility index (Phi) is 3.16. The van der Waals surface area contributed by atoms with Gasteiger partial charge in [0.05, 0.1) is 17.0 Å². The molecule has 4 rings (SSSR count). The highest BCUT2D eigenvalue weighted by Crippen LogP contribution is 2.35. The van der Waals surface area contributed by atoms with Crippen LogP contribution >= 0.6 is 0 Å². The van der Waals surface area contributed by atoms with Crippen LogP contribution in [-0.4, -0.2) is 20.7 Å². The van der Waals surface area contributed by atoms with Gasteiger partial charge in [0.25, 0.3) is 0 Å². The summed E-state index contributed by atoms with van der Waals surface area (Å²) in [6.45, 7) is 6.01. The van der Waals surface area contributed by atoms with Crippen LogP contribution < -0.4 is 5.32 Å². The Labute approximate surface area is 139 Å². The van der Waals surface area contributed by atoms with Crippen molar-refractivity contribution in [3.05, 3.63) is 41.2 Å². The summed E-state index contributed by atoms with van der Waals surface area (Å²) in [6, 6.07) is 7.88. The van der Waals surface area contributed by atoms with Gasteiger partial charge in [0.15, 0.2) is 11.4 Å². The van der Waals surface area contributed by atoms with E-state index in [-0.39, 0.29) is 11.2 Å². The number of Topliss-reactive ketones (excluding diaryl/α,β-unsaturated/α-hetero) is 1. The average Bonchev–Trinajstić information content (AvgIpc) is 2.86. The Morgan fingerprint density at radius 3 is 2.71 bits per heavy atom. The Bertz CT molecular complexity index is 926. The molecule has 0 fully saturated rings. The van der Waals surface area contributed by atoms with E-state index in [0.29, 0.717) is 35.2 Å². The van der Waals surface area contributed by atoms with Gasteiger partial charge >= 0.3 is 6.01 Å². The molecule has 0 amide bonds. The molecule has 0 spiro atoms. The van der Waals surface area contributed by atoms with Crippen molar-refractivity contribution in [3.8, 4) is 0 Å². The number of aryl methyl sites for hydroxylation is 1. The van der Waals surface area contributed by atoms with Crippen molar-refractivity contribution in [1.29, 1.82) is 0 Å². The Morgan fingerprint density at radius 1 is 1.12 bits per heavy atom. The van der Waals surface area contributed by atoms with Crippen molar-refractivity contribution in [2.24, 2.45) is 5.41 Å². The van der Waals surface area contributed by atoms with Crippen molar-refractivity contribution in [3.63, 3.8) is 0 Å². The second kappa shape index (κ2) is 5.12. The number of benzene rings is 1. The first-order chi connectivity index (χ1) is 11.4. The lowest BCUT2D eigenvalue weighted by Gasteiger charge is -2.30. The van der Waals surface area contributed by atoms with Crippen molar-refractivity contribution < 1.29 is 9.21 Å². The van der Waals surface area contributed by atoms with E-state index in [1.807, 2.05) is 31.2 Å². The van der Waals surface area contributed by atoms with E-state index < -0.39 is 0 Å². The van der Waals surface area contributed by atoms with Gasteiger partial charge in [-0.05, 0) is 30.9 Å². The highest BCUT2D eigenvalue weighted by atomic mass is 16.4. The smallest absolute Gasteiger partial charge is 0.302 e. The monoisotopic (exact) mass is 322 g/mol. The van der Waals surface area contributed by atoms with Crippen LogP contribution in [0.2, 0.25) is 0 Å². The maximum atomic E-state index is 12.4. The predicted octanol–water partition coefficient (Wildman–Crippen LogP) is 3.82. The van der Waals surface area contributed by atoms with E-state index in [2.05, 4.69) is 34.1 Å². The van der Waals surface area contributed by atoms with E-state index in [9.17, 15) is 4.79 Å². The third-order valence-corrected chi connectivity index (χ3v) is 4.24. The first-order valence-corrected chi connectivity index (χ1v) is 7.95. The van der Waals surface area contributed by atoms with Gasteiger partial charge in [0, 0.05) is 6.42 Å². The fourth-order valence-electron chi connectivity index (χ4n) is 3.24. The van der Waals surface area contributed by atoms with E-state index in [4.69, 9.17) is 4.42 Å². The number of carbonyl (C=O) groups excluding carboxylic acids is 1. The molecule has 0 bridgehead atoms. The summed E-state index contributed by atoms with van der Waals surface area (Å²) in [6.07, 6.45) is 1.28. The minimum atomic E-state index is -0.0836. The van der Waals surface area contributed by atoms with E-state index in [0.717, 1.165) is 17.6 Å². The highest BCUT2D eigenvalue weighted by Gasteiger charge is 2.33. The molecule has 122 valence electrons. The Morgan fingerprint density at radius 2 is 1.92 bits per heavy atom. The van der Waals surface area contributed by atoms with Crippen LogP contribution in [0, 0.1) is 12.3 Å². The second-order valence-electron chi connectivity index (χ2n) is 7.01. The van der Waals surface area contributed by atoms with Crippen molar-refractivity contribution >= 4 is 28.8 Å². The summed E-state index contributed by atoms with van der Waals surface area (Å²) in [5.74, 6) is 0.524. The number of nitrogens with one attached hydrogen (secondary N) is 1. The third kappa shape index (κ3) is 2.54. The molecule has 0 aliphatic heterocycles. The summed E-state index contributed by atoms with van der Waals surface area (Å²) in [7, 11) is 0. The molecule has 2 heterocycles. The second-order valence-corrected chi connectivity index (χ2v) is 7.01. The molecule has 1 N–H and O–H groups in total. The van der Waals surface area contributed by atoms with Gasteiger partial charge in [-0.1, -0.05) is 26.0 Å². The van der Waals surface area contributed by atoms with Crippen molar-refractivity contribution in [2.75, 3.05) is 5.32 Å². The first kappa shape index (κ1) is 14.8. The van der Waals surface area contributed by atoms with Gasteiger partial charge in [-0.3, -0.25) is 10.1 Å². The quantitative estimate of drug-likeness (QED) is 0.772. The predicted molar refractivity (Wildman–Crippen MR) is 90.5 cm³/mol. The molecule has 1 aliphatic rings. The van der Waals surface area contributed by atoms with E-state index in [1.54, 1.807) is 0 Å². The minimum absolute atomic E-state index is 0.0836. The van der Waals surface area contributed by atoms with Gasteiger partial charge in [-0.25, -0.2) is 9.97 Å². The number of carbonyl (C=O) groups is 1. The standard InChI is InChI=1S/C18H18N4O2/c1-10-15-12(8-18(2,3)9-13(15)23)20-16(19-10)22-17-21-11-6-4-5-7-14(11)24-17/h4-7H,8-9H2,1-3H3,(H,19,20,21,22). The molecule has 0 saturated carbocycles. The number of rotatable bonds is 2. The van der Waals surface area contributed by atoms with Crippen LogP contribution in [0.4, 0.5) is 12.0 Å². The zero-order valence-corrected chi connectivity index (χ0v) is 13.9. The number of anilines is 2. The lowest BCUT2D eigenvalue weighted by Crippen LogP contribution is -2.29. The maximum absolute atomic E-state index is 12.4. The molecule has 0 saturated heterocycles. The highest BCUT2D eigenvalue weighted by molar-refractivity contribution is 5.99. The van der Waals surface area contributed by atoms with Crippen LogP contribution in [-0.2, 0) is 6.42 Å². The number of oxazole rings is 1. The molecular formula is C18H18N4O2. The topological polar surface area (TPSA) is 80.9 Å². The summed E-state index contributed by atoms with van der Waals surface area (Å²) in [4.78, 5) is 25.7. The molecule has 0 atom stereocenters. The first-order valence-electron chi connectivity index (χ1n) is 7.95. The third-order valence-electron chi connectivity index (χ3n) is 4.24. The van der Waals surface area contributed by atoms with Gasteiger partial charge in [-0.15, -0.1) is 0 Å². The zero-order valence-electron chi connectivity index (χ0n) is 13.9. The molecule has 3 aromatic rings. The Balaban J connectivity index is 1.72. The van der Waals surface area contributed by atoms with Crippen LogP contribution in [0.15, 0.2) is 28.7 Å². The van der Waals surface area contributed by atoms with E-state index in [1.165, 1.54) is 0 Å². The molecule has 1 aliphatic carbocycles. The van der Waals surface area contributed by atoms with E-state index >= 15 is 0 Å². The number of nitrogens with zero attached hydrogens (tertiary/aromatic N) is 3. The zero-order chi connectivity index (χ0) is 16.9. The summed E-state index contributed by atoms with van der Waals surface area (Å²) in [5, 5.41) is 3.02. The molecular weight excluding hydrogens is 304 g/mol. The molecule has 0 radical (unpaired) electrons. The molecule has 6 nitrogen and oxygen atoms in total. The number of para-hydroxylation sites is 2. The fraction of sp³-hybridized carbons (Fsp3) is 0.333. The van der Waals surface area contributed by atoms with Crippen LogP contribution in [0.1, 0.15) is 42.0 Å². The largest absolute Gasteiger partial charge is 0.423 e. The number of aromatic nitrogens is 3. The summed E-state index contributed by atoms with van der Waals surface area (Å²) >= 11 is 0. The van der Waals surface area contributed by atoms with Gasteiger partial charge in [0.2, 0.25) is 5.95 Å². The minimum Gasteiger partial charge on any atom is -0.423 e. The number of fused-ring (bicyclic) bond motifs is 2. The maximum Gasteiger partial charge on any atom is 0.302 e. The lowest BCUT2D eigenvalue weighted by molar-refractivity contribution is 0.0909. The van der Waals surface area contributed by atoms with Crippen LogP contribution in [0.5, 0.6) is 0 Å². The summed E-state index contributed by atoms with van der Waals surface area (Å²) < 4.78 is 5.65. The van der Waals surface area contributed by atoms with Crippen molar-refractivity contribution in [2.45, 2.75) is 33.6 Å². The van der Waals surface area contributed by atoms with Gasteiger partial charge in [0.1, 0.15) is 5.52 Å². The summed E-state index contributed by atoms with van der Waals surface area (Å²) in [5.41, 5.74) is 3.54. The van der Waals surface area contributed by atoms with Crippen LogP contribution in [0.25, 0.3) is 11.1 Å². The average molecular weight is 322 g/mol. The molecule has 2 aromatic heterocycles. The fourth-order valence-corrected chi connectivity index (χ4v) is 3.24. The number of ketones is 1. The number of hydrogen-bond donors (Lipinski definition) is 1.